The summed E-state index contributed by atoms with van der Waals surface area (Å²) in [5, 5.41) is 5.88. The molecule has 0 unspecified atom stereocenters. The number of benzene rings is 1. The highest BCUT2D eigenvalue weighted by molar-refractivity contribution is 6.34. The number of rotatable bonds is 6. The first-order valence-corrected chi connectivity index (χ1v) is 8.26. The van der Waals surface area contributed by atoms with Gasteiger partial charge < -0.3 is 24.4 Å². The molecular weight excluding hydrogens is 356 g/mol. The van der Waals surface area contributed by atoms with E-state index in [0.717, 1.165) is 0 Å². The van der Waals surface area contributed by atoms with Crippen LogP contribution in [0.5, 0.6) is 11.5 Å². The molecule has 1 aliphatic rings. The first-order chi connectivity index (χ1) is 13.0. The number of amides is 3. The molecule has 0 bridgehead atoms. The average molecular weight is 378 g/mol. The van der Waals surface area contributed by atoms with Crippen molar-refractivity contribution in [3.8, 4) is 11.5 Å². The minimum atomic E-state index is -0.873. The van der Waals surface area contributed by atoms with Crippen LogP contribution in [0.25, 0.3) is 0 Å². The van der Waals surface area contributed by atoms with E-state index in [9.17, 15) is 14.4 Å². The molecule has 0 aromatic heterocycles. The lowest BCUT2D eigenvalue weighted by atomic mass is 10.2. The Kier molecular flexibility index (Phi) is 7.56. The molecule has 0 aliphatic carbocycles. The predicted molar refractivity (Wildman–Crippen MR) is 95.7 cm³/mol. The van der Waals surface area contributed by atoms with E-state index < -0.39 is 11.8 Å². The van der Waals surface area contributed by atoms with Crippen molar-refractivity contribution in [3.05, 3.63) is 23.8 Å². The molecule has 10 nitrogen and oxygen atoms in total. The summed E-state index contributed by atoms with van der Waals surface area (Å²) in [6, 6.07) is 4.93. The van der Waals surface area contributed by atoms with Crippen LogP contribution >= 0.6 is 0 Å². The maximum absolute atomic E-state index is 12.1. The number of hydrogen-bond donors (Lipinski definition) is 2. The number of carbonyl (C=O) groups excluding carboxylic acids is 3. The van der Waals surface area contributed by atoms with E-state index in [-0.39, 0.29) is 12.5 Å². The molecule has 1 aromatic carbocycles. The lowest BCUT2D eigenvalue weighted by Gasteiger charge is -2.26. The fourth-order valence-electron chi connectivity index (χ4n) is 2.26. The number of morpholine rings is 1. The number of methoxy groups -OCH3 is 1. The lowest BCUT2D eigenvalue weighted by molar-refractivity contribution is -0.138. The number of ether oxygens (including phenoxy) is 3. The third kappa shape index (κ3) is 5.96. The molecule has 27 heavy (non-hydrogen) atoms. The van der Waals surface area contributed by atoms with Gasteiger partial charge in [0.15, 0.2) is 18.1 Å². The van der Waals surface area contributed by atoms with Crippen molar-refractivity contribution in [1.82, 2.24) is 15.6 Å². The van der Waals surface area contributed by atoms with Gasteiger partial charge in [-0.2, -0.15) is 5.10 Å². The molecule has 1 aliphatic heterocycles. The molecule has 10 heteroatoms. The molecule has 1 heterocycles. The van der Waals surface area contributed by atoms with Crippen LogP contribution < -0.4 is 20.2 Å². The minimum Gasteiger partial charge on any atom is -0.493 e. The van der Waals surface area contributed by atoms with E-state index in [1.165, 1.54) is 20.4 Å². The second-order valence-corrected chi connectivity index (χ2v) is 5.47. The quantitative estimate of drug-likeness (QED) is 0.377. The van der Waals surface area contributed by atoms with Crippen LogP contribution in [-0.2, 0) is 19.1 Å². The van der Waals surface area contributed by atoms with Gasteiger partial charge >= 0.3 is 11.8 Å². The Balaban J connectivity index is 1.93. The average Bonchev–Trinajstić information content (AvgIpc) is 2.72. The maximum atomic E-state index is 12.1. The zero-order valence-corrected chi connectivity index (χ0v) is 15.2. The lowest BCUT2D eigenvalue weighted by Crippen LogP contribution is -2.43. The first-order valence-electron chi connectivity index (χ1n) is 8.26. The number of hydrazone groups is 1. The van der Waals surface area contributed by atoms with E-state index in [2.05, 4.69) is 15.8 Å². The fraction of sp³-hybridized carbons (Fsp3) is 0.412. The van der Waals surface area contributed by atoms with Crippen molar-refractivity contribution in [1.29, 1.82) is 0 Å². The highest BCUT2D eigenvalue weighted by Crippen LogP contribution is 2.27. The van der Waals surface area contributed by atoms with Crippen LogP contribution in [0.3, 0.4) is 0 Å². The Bertz CT molecular complexity index is 715. The summed E-state index contributed by atoms with van der Waals surface area (Å²) < 4.78 is 16.0. The van der Waals surface area contributed by atoms with Gasteiger partial charge in [-0.25, -0.2) is 5.43 Å². The third-order valence-corrected chi connectivity index (χ3v) is 3.72. The molecule has 1 fully saturated rings. The van der Waals surface area contributed by atoms with Crippen molar-refractivity contribution in [3.63, 3.8) is 0 Å². The highest BCUT2D eigenvalue weighted by Gasteiger charge is 2.18. The van der Waals surface area contributed by atoms with Crippen LogP contribution in [0.15, 0.2) is 23.3 Å². The zero-order valence-electron chi connectivity index (χ0n) is 15.2. The Hall–Kier alpha value is -3.14. The van der Waals surface area contributed by atoms with Gasteiger partial charge in [0.1, 0.15) is 0 Å². The smallest absolute Gasteiger partial charge is 0.329 e. The van der Waals surface area contributed by atoms with Crippen LogP contribution in [0.1, 0.15) is 5.56 Å². The minimum absolute atomic E-state index is 0.105. The summed E-state index contributed by atoms with van der Waals surface area (Å²) in [5.41, 5.74) is 2.70. The Morgan fingerprint density at radius 2 is 1.96 bits per heavy atom. The standard InChI is InChI=1S/C17H22N4O6/c1-18-16(23)17(24)20-19-10-12-3-4-13(14(9-12)25-2)27-11-15(22)21-5-7-26-8-6-21/h3-4,9-10H,5-8,11H2,1-2H3,(H,18,23)(H,20,24)/b19-10-. The van der Waals surface area contributed by atoms with Gasteiger partial charge in [0, 0.05) is 20.1 Å². The largest absolute Gasteiger partial charge is 0.493 e. The molecule has 0 saturated carbocycles. The molecule has 1 saturated heterocycles. The van der Waals surface area contributed by atoms with Gasteiger partial charge in [-0.1, -0.05) is 0 Å². The first kappa shape index (κ1) is 20.2. The van der Waals surface area contributed by atoms with E-state index in [1.54, 1.807) is 23.1 Å². The van der Waals surface area contributed by atoms with Crippen molar-refractivity contribution in [2.45, 2.75) is 0 Å². The van der Waals surface area contributed by atoms with Gasteiger partial charge in [-0.05, 0) is 23.8 Å². The van der Waals surface area contributed by atoms with Crippen LogP contribution in [0.4, 0.5) is 0 Å². The monoisotopic (exact) mass is 378 g/mol. The van der Waals surface area contributed by atoms with E-state index >= 15 is 0 Å². The summed E-state index contributed by atoms with van der Waals surface area (Å²) in [7, 11) is 2.82. The number of carbonyl (C=O) groups is 3. The van der Waals surface area contributed by atoms with E-state index in [1.807, 2.05) is 0 Å². The predicted octanol–water partition coefficient (Wildman–Crippen LogP) is -0.871. The van der Waals surface area contributed by atoms with E-state index in [0.29, 0.717) is 43.4 Å². The number of hydrogen-bond acceptors (Lipinski definition) is 7. The highest BCUT2D eigenvalue weighted by atomic mass is 16.5. The number of likely N-dealkylation sites (N-methyl/N-ethyl adjacent to an activating group) is 1. The molecular formula is C17H22N4O6. The summed E-state index contributed by atoms with van der Waals surface area (Å²) in [4.78, 5) is 36.2. The number of nitrogens with one attached hydrogen (secondary N) is 2. The summed E-state index contributed by atoms with van der Waals surface area (Å²) >= 11 is 0. The van der Waals surface area contributed by atoms with Crippen molar-refractivity contribution in [2.75, 3.05) is 47.1 Å². The molecule has 3 amide bonds. The van der Waals surface area contributed by atoms with Crippen molar-refractivity contribution in [2.24, 2.45) is 5.10 Å². The van der Waals surface area contributed by atoms with Crippen molar-refractivity contribution >= 4 is 23.9 Å². The van der Waals surface area contributed by atoms with Gasteiger partial charge in [-0.15, -0.1) is 0 Å². The zero-order chi connectivity index (χ0) is 19.6. The molecule has 146 valence electrons. The molecule has 0 radical (unpaired) electrons. The second-order valence-electron chi connectivity index (χ2n) is 5.47. The van der Waals surface area contributed by atoms with E-state index in [4.69, 9.17) is 14.2 Å². The van der Waals surface area contributed by atoms with Crippen molar-refractivity contribution < 1.29 is 28.6 Å². The Labute approximate surface area is 156 Å². The molecule has 2 N–H and O–H groups in total. The Morgan fingerprint density at radius 1 is 1.22 bits per heavy atom. The maximum Gasteiger partial charge on any atom is 0.329 e. The molecule has 0 atom stereocenters. The van der Waals surface area contributed by atoms with Gasteiger partial charge in [0.25, 0.3) is 5.91 Å². The summed E-state index contributed by atoms with van der Waals surface area (Å²) in [6.45, 7) is 2.05. The molecule has 1 aromatic rings. The normalized spacial score (nSPS) is 13.9. The third-order valence-electron chi connectivity index (χ3n) is 3.72. The second kappa shape index (κ2) is 10.1. The Morgan fingerprint density at radius 3 is 2.63 bits per heavy atom. The summed E-state index contributed by atoms with van der Waals surface area (Å²) in [5.74, 6) is -0.972. The van der Waals surface area contributed by atoms with Gasteiger partial charge in [-0.3, -0.25) is 14.4 Å². The number of nitrogens with zero attached hydrogens (tertiary/aromatic N) is 2. The molecule has 2 rings (SSSR count). The van der Waals surface area contributed by atoms with Crippen LogP contribution in [0, 0.1) is 0 Å². The van der Waals surface area contributed by atoms with Gasteiger partial charge in [0.2, 0.25) is 0 Å². The SMILES string of the molecule is CNC(=O)C(=O)N/N=C\c1ccc(OCC(=O)N2CCOCC2)c(OC)c1. The molecule has 0 spiro atoms. The topological polar surface area (TPSA) is 119 Å². The van der Waals surface area contributed by atoms with Crippen LogP contribution in [0.2, 0.25) is 0 Å². The fourth-order valence-corrected chi connectivity index (χ4v) is 2.26. The summed E-state index contributed by atoms with van der Waals surface area (Å²) in [6.07, 6.45) is 1.35. The van der Waals surface area contributed by atoms with Crippen LogP contribution in [-0.4, -0.2) is 75.9 Å². The van der Waals surface area contributed by atoms with Gasteiger partial charge in [0.05, 0.1) is 26.5 Å².